The van der Waals surface area contributed by atoms with E-state index in [2.05, 4.69) is 4.98 Å². The highest BCUT2D eigenvalue weighted by Crippen LogP contribution is 2.33. The average molecular weight is 363 g/mol. The maximum atomic E-state index is 11.4. The Hall–Kier alpha value is -1.87. The number of carbonyl (C=O) groups is 1. The standard InChI is InChI=1S/C18H10Cl3NO/c19-13-5-1-11(2-6-13)15-9-17(18(21)23)22-10-16(15)12-3-7-14(20)8-4-12/h1-10H. The Balaban J connectivity index is 2.20. The summed E-state index contributed by atoms with van der Waals surface area (Å²) in [4.78, 5) is 15.6. The number of benzene rings is 2. The summed E-state index contributed by atoms with van der Waals surface area (Å²) in [5, 5.41) is 0.703. The van der Waals surface area contributed by atoms with Crippen LogP contribution in [0.5, 0.6) is 0 Å². The third-order valence-corrected chi connectivity index (χ3v) is 4.11. The fourth-order valence-electron chi connectivity index (χ4n) is 2.29. The molecule has 5 heteroatoms. The SMILES string of the molecule is O=C(Cl)c1cc(-c2ccc(Cl)cc2)c(-c2ccc(Cl)cc2)cn1. The highest BCUT2D eigenvalue weighted by atomic mass is 35.5. The Morgan fingerprint density at radius 1 is 0.783 bits per heavy atom. The third-order valence-electron chi connectivity index (χ3n) is 3.42. The van der Waals surface area contributed by atoms with Crippen LogP contribution < -0.4 is 0 Å². The van der Waals surface area contributed by atoms with E-state index in [0.717, 1.165) is 22.3 Å². The van der Waals surface area contributed by atoms with Gasteiger partial charge in [-0.15, -0.1) is 0 Å². The number of hydrogen-bond acceptors (Lipinski definition) is 2. The smallest absolute Gasteiger partial charge is 0.270 e. The second-order valence-corrected chi connectivity index (χ2v) is 6.12. The largest absolute Gasteiger partial charge is 0.274 e. The Labute approximate surface area is 148 Å². The van der Waals surface area contributed by atoms with E-state index >= 15 is 0 Å². The van der Waals surface area contributed by atoms with E-state index in [1.54, 1.807) is 24.4 Å². The Bertz CT molecular complexity index is 858. The van der Waals surface area contributed by atoms with Gasteiger partial charge in [-0.3, -0.25) is 9.78 Å². The number of hydrogen-bond donors (Lipinski definition) is 0. The summed E-state index contributed by atoms with van der Waals surface area (Å²) in [7, 11) is 0. The normalized spacial score (nSPS) is 10.6. The van der Waals surface area contributed by atoms with Crippen molar-refractivity contribution in [3.8, 4) is 22.3 Å². The van der Waals surface area contributed by atoms with Crippen LogP contribution >= 0.6 is 34.8 Å². The van der Waals surface area contributed by atoms with Gasteiger partial charge >= 0.3 is 0 Å². The van der Waals surface area contributed by atoms with Crippen molar-refractivity contribution >= 4 is 40.0 Å². The van der Waals surface area contributed by atoms with Crippen LogP contribution in [-0.2, 0) is 0 Å². The van der Waals surface area contributed by atoms with Crippen molar-refractivity contribution in [1.29, 1.82) is 0 Å². The van der Waals surface area contributed by atoms with Crippen LogP contribution in [0.25, 0.3) is 22.3 Å². The molecular formula is C18H10Cl3NO. The first-order chi connectivity index (χ1) is 11.0. The van der Waals surface area contributed by atoms with E-state index in [0.29, 0.717) is 10.0 Å². The zero-order valence-corrected chi connectivity index (χ0v) is 14.0. The molecule has 3 aromatic rings. The lowest BCUT2D eigenvalue weighted by molar-refractivity contribution is 0.107. The first-order valence-electron chi connectivity index (χ1n) is 6.76. The molecule has 0 aliphatic carbocycles. The molecule has 0 saturated carbocycles. The second-order valence-electron chi connectivity index (χ2n) is 4.90. The van der Waals surface area contributed by atoms with Crippen molar-refractivity contribution in [2.45, 2.75) is 0 Å². The summed E-state index contributed by atoms with van der Waals surface area (Å²) in [5.74, 6) is 0. The Kier molecular flexibility index (Phi) is 4.67. The van der Waals surface area contributed by atoms with Crippen molar-refractivity contribution in [1.82, 2.24) is 4.98 Å². The van der Waals surface area contributed by atoms with Gasteiger partial charge in [-0.25, -0.2) is 0 Å². The molecule has 0 aliphatic rings. The summed E-state index contributed by atoms with van der Waals surface area (Å²) < 4.78 is 0. The van der Waals surface area contributed by atoms with Crippen molar-refractivity contribution in [2.75, 3.05) is 0 Å². The van der Waals surface area contributed by atoms with Gasteiger partial charge in [-0.05, 0) is 58.6 Å². The van der Waals surface area contributed by atoms with E-state index in [-0.39, 0.29) is 5.69 Å². The predicted octanol–water partition coefficient (Wildman–Crippen LogP) is 6.10. The molecule has 0 saturated heterocycles. The molecule has 0 atom stereocenters. The second kappa shape index (κ2) is 6.71. The van der Waals surface area contributed by atoms with Gasteiger partial charge in [0.05, 0.1) is 0 Å². The molecule has 23 heavy (non-hydrogen) atoms. The third kappa shape index (κ3) is 3.56. The molecule has 0 bridgehead atoms. The molecule has 0 N–H and O–H groups in total. The van der Waals surface area contributed by atoms with Crippen molar-refractivity contribution in [3.05, 3.63) is 76.5 Å². The van der Waals surface area contributed by atoms with Crippen LogP contribution in [-0.4, -0.2) is 10.2 Å². The van der Waals surface area contributed by atoms with Crippen LogP contribution in [0, 0.1) is 0 Å². The summed E-state index contributed by atoms with van der Waals surface area (Å²) in [5.41, 5.74) is 3.80. The maximum Gasteiger partial charge on any atom is 0.270 e. The van der Waals surface area contributed by atoms with Gasteiger partial charge in [0.15, 0.2) is 0 Å². The minimum absolute atomic E-state index is 0.203. The van der Waals surface area contributed by atoms with E-state index in [1.807, 2.05) is 36.4 Å². The molecule has 2 nitrogen and oxygen atoms in total. The van der Waals surface area contributed by atoms with Crippen molar-refractivity contribution < 1.29 is 4.79 Å². The first kappa shape index (κ1) is 16.0. The molecular weight excluding hydrogens is 353 g/mol. The van der Waals surface area contributed by atoms with Gasteiger partial charge in [0.2, 0.25) is 0 Å². The van der Waals surface area contributed by atoms with Crippen molar-refractivity contribution in [3.63, 3.8) is 0 Å². The molecule has 2 aromatic carbocycles. The number of aromatic nitrogens is 1. The minimum Gasteiger partial charge on any atom is -0.274 e. The van der Waals surface area contributed by atoms with Crippen LogP contribution in [0.3, 0.4) is 0 Å². The highest BCUT2D eigenvalue weighted by Gasteiger charge is 2.13. The molecule has 0 fully saturated rings. The summed E-state index contributed by atoms with van der Waals surface area (Å²) in [6.45, 7) is 0. The first-order valence-corrected chi connectivity index (χ1v) is 7.90. The van der Waals surface area contributed by atoms with Crippen molar-refractivity contribution in [2.24, 2.45) is 0 Å². The van der Waals surface area contributed by atoms with Gasteiger partial charge in [-0.1, -0.05) is 47.5 Å². The van der Waals surface area contributed by atoms with Gasteiger partial charge in [-0.2, -0.15) is 0 Å². The maximum absolute atomic E-state index is 11.4. The van der Waals surface area contributed by atoms with E-state index in [1.165, 1.54) is 0 Å². The van der Waals surface area contributed by atoms with Crippen LogP contribution in [0.15, 0.2) is 60.8 Å². The van der Waals surface area contributed by atoms with E-state index in [4.69, 9.17) is 34.8 Å². The minimum atomic E-state index is -0.595. The molecule has 0 spiro atoms. The van der Waals surface area contributed by atoms with Crippen LogP contribution in [0.2, 0.25) is 10.0 Å². The fraction of sp³-hybridized carbons (Fsp3) is 0. The molecule has 0 amide bonds. The van der Waals surface area contributed by atoms with Gasteiger partial charge in [0, 0.05) is 21.8 Å². The molecule has 1 heterocycles. The average Bonchev–Trinajstić information content (AvgIpc) is 2.56. The molecule has 0 radical (unpaired) electrons. The predicted molar refractivity (Wildman–Crippen MR) is 95.3 cm³/mol. The van der Waals surface area contributed by atoms with E-state index < -0.39 is 5.24 Å². The van der Waals surface area contributed by atoms with Crippen LogP contribution in [0.4, 0.5) is 0 Å². The number of rotatable bonds is 3. The van der Waals surface area contributed by atoms with Gasteiger partial charge < -0.3 is 0 Å². The Morgan fingerprint density at radius 2 is 1.26 bits per heavy atom. The molecule has 0 unspecified atom stereocenters. The van der Waals surface area contributed by atoms with E-state index in [9.17, 15) is 4.79 Å². The van der Waals surface area contributed by atoms with Gasteiger partial charge in [0.1, 0.15) is 5.69 Å². The number of halogens is 3. The lowest BCUT2D eigenvalue weighted by atomic mass is 9.96. The topological polar surface area (TPSA) is 30.0 Å². The molecule has 1 aromatic heterocycles. The quantitative estimate of drug-likeness (QED) is 0.527. The Morgan fingerprint density at radius 3 is 1.74 bits per heavy atom. The number of carbonyl (C=O) groups excluding carboxylic acids is 1. The lowest BCUT2D eigenvalue weighted by Gasteiger charge is -2.11. The highest BCUT2D eigenvalue weighted by molar-refractivity contribution is 6.67. The summed E-state index contributed by atoms with van der Waals surface area (Å²) >= 11 is 17.5. The zero-order chi connectivity index (χ0) is 16.4. The van der Waals surface area contributed by atoms with Gasteiger partial charge in [0.25, 0.3) is 5.24 Å². The number of nitrogens with zero attached hydrogens (tertiary/aromatic N) is 1. The molecule has 3 rings (SSSR count). The summed E-state index contributed by atoms with van der Waals surface area (Å²) in [6, 6.07) is 16.5. The summed E-state index contributed by atoms with van der Waals surface area (Å²) in [6.07, 6.45) is 1.64. The van der Waals surface area contributed by atoms with Crippen LogP contribution in [0.1, 0.15) is 10.5 Å². The monoisotopic (exact) mass is 361 g/mol. The zero-order valence-electron chi connectivity index (χ0n) is 11.8. The lowest BCUT2D eigenvalue weighted by Crippen LogP contribution is -1.96. The molecule has 0 aliphatic heterocycles. The molecule has 114 valence electrons. The fourth-order valence-corrected chi connectivity index (χ4v) is 2.65. The number of pyridine rings is 1.